The first-order valence-corrected chi connectivity index (χ1v) is 7.45. The van der Waals surface area contributed by atoms with Crippen molar-refractivity contribution in [3.8, 4) is 0 Å². The molecule has 1 aliphatic carbocycles. The zero-order chi connectivity index (χ0) is 15.8. The molecule has 5 nitrogen and oxygen atoms in total. The molecule has 0 aromatic rings. The minimum absolute atomic E-state index is 0.213. The molecule has 0 radical (unpaired) electrons. The molecule has 1 aliphatic heterocycles. The summed E-state index contributed by atoms with van der Waals surface area (Å²) in [6.45, 7) is 5.96. The van der Waals surface area contributed by atoms with Crippen LogP contribution in [0.5, 0.6) is 0 Å². The molecule has 0 aromatic heterocycles. The number of halogens is 1. The average Bonchev–Trinajstić information content (AvgIpc) is 2.98. The Bertz CT molecular complexity index is 454. The smallest absolute Gasteiger partial charge is 0.258 e. The molecule has 1 saturated carbocycles. The van der Waals surface area contributed by atoms with Gasteiger partial charge in [0.15, 0.2) is 5.67 Å². The number of carbonyl (C=O) groups is 3. The Kier molecular flexibility index (Phi) is 4.08. The molecule has 2 fully saturated rings. The molecule has 0 bridgehead atoms. The molecule has 6 heteroatoms. The van der Waals surface area contributed by atoms with Crippen molar-refractivity contribution in [2.75, 3.05) is 6.54 Å². The summed E-state index contributed by atoms with van der Waals surface area (Å²) >= 11 is 0. The minimum atomic E-state index is -1.81. The predicted molar refractivity (Wildman–Crippen MR) is 75.3 cm³/mol. The maximum Gasteiger partial charge on any atom is 0.258 e. The summed E-state index contributed by atoms with van der Waals surface area (Å²) in [4.78, 5) is 37.1. The summed E-state index contributed by atoms with van der Waals surface area (Å²) in [5.74, 6) is -1.01. The fraction of sp³-hybridized carbons (Fsp3) is 0.800. The Morgan fingerprint density at radius 1 is 1.38 bits per heavy atom. The maximum absolute atomic E-state index is 13.8. The van der Waals surface area contributed by atoms with E-state index in [2.05, 4.69) is 5.32 Å². The monoisotopic (exact) mass is 298 g/mol. The van der Waals surface area contributed by atoms with Gasteiger partial charge in [-0.15, -0.1) is 0 Å². The van der Waals surface area contributed by atoms with Crippen LogP contribution in [0.25, 0.3) is 0 Å². The molecule has 1 unspecified atom stereocenters. The van der Waals surface area contributed by atoms with Crippen LogP contribution in [0, 0.1) is 5.41 Å². The molecule has 118 valence electrons. The molecule has 1 saturated heterocycles. The third-order valence-electron chi connectivity index (χ3n) is 4.22. The summed E-state index contributed by atoms with van der Waals surface area (Å²) in [7, 11) is 0. The van der Waals surface area contributed by atoms with Crippen molar-refractivity contribution >= 4 is 18.1 Å². The zero-order valence-corrected chi connectivity index (χ0v) is 12.8. The third kappa shape index (κ3) is 3.24. The first kappa shape index (κ1) is 15.9. The van der Waals surface area contributed by atoms with Crippen LogP contribution in [0.4, 0.5) is 4.39 Å². The first-order valence-electron chi connectivity index (χ1n) is 7.45. The van der Waals surface area contributed by atoms with Crippen molar-refractivity contribution in [1.82, 2.24) is 10.2 Å². The highest BCUT2D eigenvalue weighted by Gasteiger charge is 2.52. The van der Waals surface area contributed by atoms with Crippen LogP contribution in [0.1, 0.15) is 46.5 Å². The Balaban J connectivity index is 2.14. The number of likely N-dealkylation sites (tertiary alicyclic amines) is 1. The van der Waals surface area contributed by atoms with E-state index in [1.165, 1.54) is 4.90 Å². The van der Waals surface area contributed by atoms with E-state index in [0.717, 1.165) is 12.7 Å². The molecule has 21 heavy (non-hydrogen) atoms. The van der Waals surface area contributed by atoms with Gasteiger partial charge in [0, 0.05) is 6.54 Å². The number of aldehydes is 1. The first-order chi connectivity index (χ1) is 9.69. The fourth-order valence-corrected chi connectivity index (χ4v) is 2.62. The van der Waals surface area contributed by atoms with Gasteiger partial charge in [0.2, 0.25) is 5.91 Å². The lowest BCUT2D eigenvalue weighted by Gasteiger charge is -2.35. The van der Waals surface area contributed by atoms with Gasteiger partial charge in [0.25, 0.3) is 5.91 Å². The number of nitrogens with zero attached hydrogens (tertiary/aromatic N) is 1. The largest absolute Gasteiger partial charge is 0.341 e. The van der Waals surface area contributed by atoms with E-state index in [4.69, 9.17) is 0 Å². The second kappa shape index (κ2) is 5.39. The summed E-state index contributed by atoms with van der Waals surface area (Å²) in [5, 5.41) is 2.56. The second-order valence-electron chi connectivity index (χ2n) is 7.12. The number of amides is 2. The van der Waals surface area contributed by atoms with Crippen LogP contribution < -0.4 is 5.32 Å². The normalized spacial score (nSPS) is 25.3. The van der Waals surface area contributed by atoms with E-state index in [9.17, 15) is 18.8 Å². The van der Waals surface area contributed by atoms with Crippen LogP contribution in [0.3, 0.4) is 0 Å². The Morgan fingerprint density at radius 3 is 2.48 bits per heavy atom. The molecular weight excluding hydrogens is 275 g/mol. The lowest BCUT2D eigenvalue weighted by atomic mass is 9.85. The van der Waals surface area contributed by atoms with Gasteiger partial charge in [-0.1, -0.05) is 20.8 Å². The fourth-order valence-electron chi connectivity index (χ4n) is 2.62. The number of hydrogen-bond donors (Lipinski definition) is 1. The highest BCUT2D eigenvalue weighted by Crippen LogP contribution is 2.40. The van der Waals surface area contributed by atoms with Crippen LogP contribution in [-0.4, -0.2) is 47.3 Å². The highest BCUT2D eigenvalue weighted by molar-refractivity contribution is 5.94. The molecular formula is C15H23FN2O3. The minimum Gasteiger partial charge on any atom is -0.341 e. The van der Waals surface area contributed by atoms with Gasteiger partial charge in [-0.25, -0.2) is 4.39 Å². The Morgan fingerprint density at radius 2 is 2.00 bits per heavy atom. The van der Waals surface area contributed by atoms with E-state index in [1.807, 2.05) is 20.8 Å². The molecule has 0 spiro atoms. The van der Waals surface area contributed by atoms with Gasteiger partial charge in [-0.3, -0.25) is 9.59 Å². The van der Waals surface area contributed by atoms with Gasteiger partial charge >= 0.3 is 0 Å². The number of hydrogen-bond acceptors (Lipinski definition) is 3. The number of alkyl halides is 1. The van der Waals surface area contributed by atoms with Gasteiger partial charge in [0.05, 0.1) is 6.04 Å². The molecule has 1 N–H and O–H groups in total. The van der Waals surface area contributed by atoms with Gasteiger partial charge in [-0.2, -0.15) is 0 Å². The van der Waals surface area contributed by atoms with Crippen molar-refractivity contribution in [2.45, 2.75) is 64.2 Å². The maximum atomic E-state index is 13.8. The number of nitrogens with one attached hydrogen (secondary N) is 1. The van der Waals surface area contributed by atoms with E-state index < -0.39 is 29.1 Å². The SMILES string of the molecule is CC(C)(C)C(NC(=O)C1(F)CC1)C(=O)N1CCC[C@H]1C=O. The van der Waals surface area contributed by atoms with Crippen molar-refractivity contribution in [1.29, 1.82) is 0 Å². The van der Waals surface area contributed by atoms with Crippen LogP contribution in [0.2, 0.25) is 0 Å². The van der Waals surface area contributed by atoms with Gasteiger partial charge < -0.3 is 15.0 Å². The van der Waals surface area contributed by atoms with Crippen LogP contribution >= 0.6 is 0 Å². The van der Waals surface area contributed by atoms with Crippen molar-refractivity contribution in [3.63, 3.8) is 0 Å². The topological polar surface area (TPSA) is 66.5 Å². The summed E-state index contributed by atoms with van der Waals surface area (Å²) < 4.78 is 13.8. The summed E-state index contributed by atoms with van der Waals surface area (Å²) in [6.07, 6.45) is 2.61. The van der Waals surface area contributed by atoms with Crippen LogP contribution in [0.15, 0.2) is 0 Å². The molecule has 2 amide bonds. The van der Waals surface area contributed by atoms with Crippen molar-refractivity contribution in [3.05, 3.63) is 0 Å². The Hall–Kier alpha value is -1.46. The lowest BCUT2D eigenvalue weighted by molar-refractivity contribution is -0.142. The van der Waals surface area contributed by atoms with Gasteiger partial charge in [0.1, 0.15) is 12.3 Å². The van der Waals surface area contributed by atoms with E-state index in [0.29, 0.717) is 13.0 Å². The predicted octanol–water partition coefficient (Wildman–Crippen LogP) is 1.21. The molecule has 2 rings (SSSR count). The molecule has 2 aliphatic rings. The van der Waals surface area contributed by atoms with Crippen molar-refractivity contribution < 1.29 is 18.8 Å². The lowest BCUT2D eigenvalue weighted by Crippen LogP contribution is -2.57. The van der Waals surface area contributed by atoms with E-state index in [1.54, 1.807) is 0 Å². The van der Waals surface area contributed by atoms with Crippen molar-refractivity contribution in [2.24, 2.45) is 5.41 Å². The Labute approximate surface area is 124 Å². The molecule has 1 heterocycles. The zero-order valence-electron chi connectivity index (χ0n) is 12.8. The van der Waals surface area contributed by atoms with E-state index >= 15 is 0 Å². The van der Waals surface area contributed by atoms with Crippen LogP contribution in [-0.2, 0) is 14.4 Å². The average molecular weight is 298 g/mol. The molecule has 0 aromatic carbocycles. The summed E-state index contributed by atoms with van der Waals surface area (Å²) in [6, 6.07) is -1.25. The standard InChI is InChI=1S/C15H23FN2O3/c1-14(2,3)11(17-13(21)15(16)6-7-15)12(20)18-8-4-5-10(18)9-19/h9-11H,4-8H2,1-3H3,(H,17,21)/t10-,11?/m0/s1. The second-order valence-corrected chi connectivity index (χ2v) is 7.12. The highest BCUT2D eigenvalue weighted by atomic mass is 19.1. The number of carbonyl (C=O) groups excluding carboxylic acids is 3. The van der Waals surface area contributed by atoms with E-state index in [-0.39, 0.29) is 18.7 Å². The third-order valence-corrected chi connectivity index (χ3v) is 4.22. The summed E-state index contributed by atoms with van der Waals surface area (Å²) in [5.41, 5.74) is -2.35. The number of rotatable bonds is 4. The van der Waals surface area contributed by atoms with Gasteiger partial charge in [-0.05, 0) is 31.1 Å². The quantitative estimate of drug-likeness (QED) is 0.793. The molecule has 2 atom stereocenters.